The Labute approximate surface area is 117 Å². The van der Waals surface area contributed by atoms with Crippen LogP contribution < -0.4 is 16.0 Å². The molecule has 4 nitrogen and oxygen atoms in total. The summed E-state index contributed by atoms with van der Waals surface area (Å²) >= 11 is 5.07. The number of carbonyl (C=O) groups is 1. The van der Waals surface area contributed by atoms with Crippen LogP contribution in [0.3, 0.4) is 0 Å². The van der Waals surface area contributed by atoms with Crippen molar-refractivity contribution in [3.8, 4) is 0 Å². The lowest BCUT2D eigenvalue weighted by Gasteiger charge is -2.16. The molecule has 19 heavy (non-hydrogen) atoms. The van der Waals surface area contributed by atoms with Gasteiger partial charge in [0, 0.05) is 12.2 Å². The van der Waals surface area contributed by atoms with E-state index in [-0.39, 0.29) is 16.8 Å². The Bertz CT molecular complexity index is 479. The molecule has 0 heterocycles. The minimum Gasteiger partial charge on any atom is -0.355 e. The van der Waals surface area contributed by atoms with E-state index in [0.29, 0.717) is 17.8 Å². The van der Waals surface area contributed by atoms with Crippen LogP contribution in [-0.4, -0.2) is 23.6 Å². The molecule has 6 heteroatoms. The van der Waals surface area contributed by atoms with Gasteiger partial charge >= 0.3 is 0 Å². The van der Waals surface area contributed by atoms with Gasteiger partial charge in [-0.1, -0.05) is 6.07 Å². The molecule has 0 radical (unpaired) electrons. The first-order valence-electron chi connectivity index (χ1n) is 6.05. The molecule has 1 amide bonds. The topological polar surface area (TPSA) is 53.2 Å². The van der Waals surface area contributed by atoms with Crippen molar-refractivity contribution in [2.45, 2.75) is 26.8 Å². The summed E-state index contributed by atoms with van der Waals surface area (Å²) in [4.78, 5) is 11.5. The summed E-state index contributed by atoms with van der Waals surface area (Å²) in [5, 5.41) is 8.63. The molecule has 0 saturated carbocycles. The number of benzene rings is 1. The van der Waals surface area contributed by atoms with Crippen LogP contribution in [0, 0.1) is 12.7 Å². The fourth-order valence-electron chi connectivity index (χ4n) is 1.43. The van der Waals surface area contributed by atoms with Crippen LogP contribution in [0.15, 0.2) is 18.2 Å². The zero-order valence-corrected chi connectivity index (χ0v) is 12.0. The maximum Gasteiger partial charge on any atom is 0.242 e. The average Bonchev–Trinajstić information content (AvgIpc) is 2.34. The number of aryl methyl sites for hydroxylation is 1. The summed E-state index contributed by atoms with van der Waals surface area (Å²) in [5.74, 6) is -0.439. The minimum atomic E-state index is -0.449. The fourth-order valence-corrected chi connectivity index (χ4v) is 1.72. The van der Waals surface area contributed by atoms with E-state index in [1.54, 1.807) is 26.0 Å². The van der Waals surface area contributed by atoms with Gasteiger partial charge < -0.3 is 16.0 Å². The Morgan fingerprint density at radius 1 is 1.47 bits per heavy atom. The first kappa shape index (κ1) is 15.4. The number of hydrogen-bond donors (Lipinski definition) is 3. The van der Waals surface area contributed by atoms with E-state index in [2.05, 4.69) is 16.0 Å². The number of halogens is 1. The van der Waals surface area contributed by atoms with Gasteiger partial charge in [-0.2, -0.15) is 0 Å². The van der Waals surface area contributed by atoms with Crippen molar-refractivity contribution in [3.63, 3.8) is 0 Å². The first-order chi connectivity index (χ1) is 8.93. The SMILES string of the molecule is CCNC(=O)[C@H](C)NC(=S)Nc1ccc(C)c(F)c1. The molecule has 1 rings (SSSR count). The smallest absolute Gasteiger partial charge is 0.242 e. The largest absolute Gasteiger partial charge is 0.355 e. The number of amides is 1. The molecule has 0 bridgehead atoms. The molecule has 0 spiro atoms. The molecule has 0 saturated heterocycles. The predicted octanol–water partition coefficient (Wildman–Crippen LogP) is 1.95. The molecule has 0 aliphatic rings. The second-order valence-corrected chi connectivity index (χ2v) is 4.59. The first-order valence-corrected chi connectivity index (χ1v) is 6.46. The van der Waals surface area contributed by atoms with E-state index in [9.17, 15) is 9.18 Å². The summed E-state index contributed by atoms with van der Waals surface area (Å²) in [5.41, 5.74) is 1.11. The van der Waals surface area contributed by atoms with Crippen molar-refractivity contribution in [2.75, 3.05) is 11.9 Å². The van der Waals surface area contributed by atoms with E-state index in [1.165, 1.54) is 6.07 Å². The van der Waals surface area contributed by atoms with Crippen molar-refractivity contribution >= 4 is 28.9 Å². The predicted molar refractivity (Wildman–Crippen MR) is 78.6 cm³/mol. The molecule has 1 aromatic carbocycles. The molecule has 0 aliphatic heterocycles. The lowest BCUT2D eigenvalue weighted by Crippen LogP contribution is -2.46. The number of rotatable bonds is 4. The zero-order valence-electron chi connectivity index (χ0n) is 11.2. The maximum absolute atomic E-state index is 13.4. The number of nitrogens with one attached hydrogen (secondary N) is 3. The summed E-state index contributed by atoms with van der Waals surface area (Å²) in [7, 11) is 0. The van der Waals surface area contributed by atoms with Gasteiger partial charge in [0.15, 0.2) is 5.11 Å². The quantitative estimate of drug-likeness (QED) is 0.739. The van der Waals surface area contributed by atoms with Crippen LogP contribution in [0.5, 0.6) is 0 Å². The van der Waals surface area contributed by atoms with Crippen LogP contribution in [-0.2, 0) is 4.79 Å². The van der Waals surface area contributed by atoms with Crippen LogP contribution in [0.1, 0.15) is 19.4 Å². The molecule has 104 valence electrons. The van der Waals surface area contributed by atoms with Crippen LogP contribution in [0.25, 0.3) is 0 Å². The molecule has 1 atom stereocenters. The summed E-state index contributed by atoms with van der Waals surface area (Å²) in [6, 6.07) is 4.30. The summed E-state index contributed by atoms with van der Waals surface area (Å²) in [6.07, 6.45) is 0. The van der Waals surface area contributed by atoms with Crippen molar-refractivity contribution in [1.82, 2.24) is 10.6 Å². The lowest BCUT2D eigenvalue weighted by atomic mass is 10.2. The minimum absolute atomic E-state index is 0.137. The van der Waals surface area contributed by atoms with Gasteiger partial charge in [-0.15, -0.1) is 0 Å². The van der Waals surface area contributed by atoms with Gasteiger partial charge in [0.1, 0.15) is 11.9 Å². The van der Waals surface area contributed by atoms with Gasteiger partial charge in [0.2, 0.25) is 5.91 Å². The third-order valence-electron chi connectivity index (χ3n) is 2.52. The highest BCUT2D eigenvalue weighted by molar-refractivity contribution is 7.80. The highest BCUT2D eigenvalue weighted by Gasteiger charge is 2.12. The standard InChI is InChI=1S/C13H18FN3OS/c1-4-15-12(18)9(3)16-13(19)17-10-6-5-8(2)11(14)7-10/h5-7,9H,4H2,1-3H3,(H,15,18)(H2,16,17,19)/t9-/m0/s1. The molecule has 1 aromatic rings. The van der Waals surface area contributed by atoms with Crippen molar-refractivity contribution in [1.29, 1.82) is 0 Å². The average molecular weight is 283 g/mol. The molecule has 0 aromatic heterocycles. The zero-order chi connectivity index (χ0) is 14.4. The van der Waals surface area contributed by atoms with Crippen molar-refractivity contribution < 1.29 is 9.18 Å². The third kappa shape index (κ3) is 4.82. The van der Waals surface area contributed by atoms with Gasteiger partial charge in [0.05, 0.1) is 0 Å². The van der Waals surface area contributed by atoms with Crippen LogP contribution >= 0.6 is 12.2 Å². The lowest BCUT2D eigenvalue weighted by molar-refractivity contribution is -0.122. The molecule has 0 unspecified atom stereocenters. The van der Waals surface area contributed by atoms with Gasteiger partial charge in [0.25, 0.3) is 0 Å². The van der Waals surface area contributed by atoms with E-state index >= 15 is 0 Å². The Kier molecular flexibility index (Phi) is 5.69. The van der Waals surface area contributed by atoms with Crippen molar-refractivity contribution in [3.05, 3.63) is 29.6 Å². The molecule has 3 N–H and O–H groups in total. The second-order valence-electron chi connectivity index (χ2n) is 4.18. The third-order valence-corrected chi connectivity index (χ3v) is 2.74. The van der Waals surface area contributed by atoms with E-state index < -0.39 is 6.04 Å². The summed E-state index contributed by atoms with van der Waals surface area (Å²) in [6.45, 7) is 5.80. The molecule has 0 aliphatic carbocycles. The number of likely N-dealkylation sites (N-methyl/N-ethyl adjacent to an activating group) is 1. The number of thiocarbonyl (C=S) groups is 1. The number of anilines is 1. The Morgan fingerprint density at radius 3 is 2.74 bits per heavy atom. The molecular weight excluding hydrogens is 265 g/mol. The Morgan fingerprint density at radius 2 is 2.16 bits per heavy atom. The normalized spacial score (nSPS) is 11.6. The van der Waals surface area contributed by atoms with E-state index in [4.69, 9.17) is 12.2 Å². The molecular formula is C13H18FN3OS. The number of hydrogen-bond acceptors (Lipinski definition) is 2. The maximum atomic E-state index is 13.4. The van der Waals surface area contributed by atoms with Crippen molar-refractivity contribution in [2.24, 2.45) is 0 Å². The van der Waals surface area contributed by atoms with Crippen LogP contribution in [0.2, 0.25) is 0 Å². The fraction of sp³-hybridized carbons (Fsp3) is 0.385. The van der Waals surface area contributed by atoms with Gasteiger partial charge in [-0.05, 0) is 50.7 Å². The van der Waals surface area contributed by atoms with E-state index in [1.807, 2.05) is 6.92 Å². The summed E-state index contributed by atoms with van der Waals surface area (Å²) < 4.78 is 13.4. The Balaban J connectivity index is 2.55. The van der Waals surface area contributed by atoms with E-state index in [0.717, 1.165) is 0 Å². The highest BCUT2D eigenvalue weighted by Crippen LogP contribution is 2.13. The Hall–Kier alpha value is -1.69. The van der Waals surface area contributed by atoms with Gasteiger partial charge in [-0.3, -0.25) is 4.79 Å². The van der Waals surface area contributed by atoms with Gasteiger partial charge in [-0.25, -0.2) is 4.39 Å². The van der Waals surface area contributed by atoms with Crippen LogP contribution in [0.4, 0.5) is 10.1 Å². The second kappa shape index (κ2) is 7.04. The monoisotopic (exact) mass is 283 g/mol. The molecule has 0 fully saturated rings. The highest BCUT2D eigenvalue weighted by atomic mass is 32.1. The number of carbonyl (C=O) groups excluding carboxylic acids is 1.